The van der Waals surface area contributed by atoms with E-state index in [9.17, 15) is 9.59 Å². The van der Waals surface area contributed by atoms with Gasteiger partial charge in [0.05, 0.1) is 0 Å². The lowest BCUT2D eigenvalue weighted by Gasteiger charge is -2.35. The average molecular weight is 343 g/mol. The van der Waals surface area contributed by atoms with Crippen molar-refractivity contribution in [3.8, 4) is 0 Å². The lowest BCUT2D eigenvalue weighted by molar-refractivity contribution is -0.134. The normalized spacial score (nSPS) is 24.3. The summed E-state index contributed by atoms with van der Waals surface area (Å²) in [5.41, 5.74) is 1.31. The van der Waals surface area contributed by atoms with Gasteiger partial charge in [0.2, 0.25) is 11.8 Å². The van der Waals surface area contributed by atoms with Crippen molar-refractivity contribution in [3.05, 3.63) is 35.9 Å². The van der Waals surface area contributed by atoms with Crippen molar-refractivity contribution in [1.82, 2.24) is 15.1 Å². The molecule has 0 radical (unpaired) electrons. The van der Waals surface area contributed by atoms with Crippen LogP contribution in [0.2, 0.25) is 0 Å². The maximum atomic E-state index is 12.4. The first-order chi connectivity index (χ1) is 12.1. The van der Waals surface area contributed by atoms with Crippen LogP contribution in [0.4, 0.5) is 0 Å². The van der Waals surface area contributed by atoms with Crippen LogP contribution < -0.4 is 5.32 Å². The molecular weight excluding hydrogens is 314 g/mol. The number of piperidine rings is 1. The Kier molecular flexibility index (Phi) is 6.08. The number of carbonyl (C=O) groups excluding carboxylic acids is 2. The van der Waals surface area contributed by atoms with Gasteiger partial charge in [-0.1, -0.05) is 30.3 Å². The van der Waals surface area contributed by atoms with Crippen molar-refractivity contribution in [2.75, 3.05) is 19.6 Å². The third kappa shape index (κ3) is 5.05. The minimum absolute atomic E-state index is 0.0769. The number of amides is 2. The van der Waals surface area contributed by atoms with Gasteiger partial charge in [-0.05, 0) is 31.2 Å². The molecule has 2 unspecified atom stereocenters. The minimum Gasteiger partial charge on any atom is -0.352 e. The van der Waals surface area contributed by atoms with Gasteiger partial charge in [-0.2, -0.15) is 0 Å². The molecule has 1 aromatic carbocycles. The second kappa shape index (κ2) is 8.48. The molecule has 5 nitrogen and oxygen atoms in total. The lowest BCUT2D eigenvalue weighted by atomic mass is 9.99. The van der Waals surface area contributed by atoms with E-state index in [0.29, 0.717) is 6.42 Å². The molecule has 5 heteroatoms. The Labute approximate surface area is 150 Å². The Morgan fingerprint density at radius 2 is 1.92 bits per heavy atom. The first-order valence-electron chi connectivity index (χ1n) is 9.44. The van der Waals surface area contributed by atoms with E-state index >= 15 is 0 Å². The first-order valence-corrected chi connectivity index (χ1v) is 9.44. The van der Waals surface area contributed by atoms with Crippen LogP contribution in [0.5, 0.6) is 0 Å². The second-order valence-corrected chi connectivity index (χ2v) is 7.34. The van der Waals surface area contributed by atoms with Crippen LogP contribution in [0.15, 0.2) is 30.3 Å². The van der Waals surface area contributed by atoms with E-state index in [1.807, 2.05) is 11.0 Å². The summed E-state index contributed by atoms with van der Waals surface area (Å²) in [5.74, 6) is 0.178. The zero-order chi connectivity index (χ0) is 17.6. The maximum Gasteiger partial charge on any atom is 0.222 e. The fourth-order valence-electron chi connectivity index (χ4n) is 4.06. The Bertz CT molecular complexity index is 590. The molecule has 0 saturated carbocycles. The molecule has 136 valence electrons. The van der Waals surface area contributed by atoms with Crippen molar-refractivity contribution < 1.29 is 9.59 Å². The monoisotopic (exact) mass is 343 g/mol. The number of hydrogen-bond acceptors (Lipinski definition) is 3. The van der Waals surface area contributed by atoms with Gasteiger partial charge in [-0.15, -0.1) is 0 Å². The Balaban J connectivity index is 1.45. The molecule has 0 aromatic heterocycles. The molecule has 2 atom stereocenters. The molecule has 2 fully saturated rings. The van der Waals surface area contributed by atoms with Crippen LogP contribution in [-0.4, -0.2) is 53.3 Å². The summed E-state index contributed by atoms with van der Waals surface area (Å²) in [6.45, 7) is 5.26. The van der Waals surface area contributed by atoms with Crippen LogP contribution in [0.3, 0.4) is 0 Å². The van der Waals surface area contributed by atoms with E-state index in [0.717, 1.165) is 51.9 Å². The van der Waals surface area contributed by atoms with Gasteiger partial charge in [-0.25, -0.2) is 0 Å². The molecule has 0 bridgehead atoms. The van der Waals surface area contributed by atoms with Gasteiger partial charge in [-0.3, -0.25) is 14.5 Å². The van der Waals surface area contributed by atoms with Gasteiger partial charge in [0, 0.05) is 51.6 Å². The number of nitrogens with zero attached hydrogens (tertiary/aromatic N) is 2. The van der Waals surface area contributed by atoms with Gasteiger partial charge in [0.15, 0.2) is 0 Å². The molecular formula is C20H29N3O2. The number of likely N-dealkylation sites (tertiary alicyclic amines) is 2. The largest absolute Gasteiger partial charge is 0.352 e. The van der Waals surface area contributed by atoms with Crippen LogP contribution >= 0.6 is 0 Å². The van der Waals surface area contributed by atoms with Gasteiger partial charge >= 0.3 is 0 Å². The molecule has 0 spiro atoms. The third-order valence-corrected chi connectivity index (χ3v) is 5.34. The van der Waals surface area contributed by atoms with Crippen LogP contribution in [-0.2, 0) is 16.1 Å². The van der Waals surface area contributed by atoms with Gasteiger partial charge < -0.3 is 10.2 Å². The van der Waals surface area contributed by atoms with Crippen LogP contribution in [0, 0.1) is 0 Å². The molecule has 1 N–H and O–H groups in total. The highest BCUT2D eigenvalue weighted by molar-refractivity contribution is 5.79. The molecule has 2 aliphatic heterocycles. The van der Waals surface area contributed by atoms with Crippen molar-refractivity contribution in [2.45, 2.75) is 57.7 Å². The summed E-state index contributed by atoms with van der Waals surface area (Å²) in [6, 6.07) is 10.8. The van der Waals surface area contributed by atoms with E-state index in [1.165, 1.54) is 5.56 Å². The first kappa shape index (κ1) is 17.9. The Hall–Kier alpha value is -1.88. The van der Waals surface area contributed by atoms with Crippen molar-refractivity contribution in [2.24, 2.45) is 0 Å². The lowest BCUT2D eigenvalue weighted by Crippen LogP contribution is -2.46. The molecule has 2 saturated heterocycles. The molecule has 25 heavy (non-hydrogen) atoms. The number of benzene rings is 1. The van der Waals surface area contributed by atoms with E-state index in [2.05, 4.69) is 34.5 Å². The van der Waals surface area contributed by atoms with Gasteiger partial charge in [0.25, 0.3) is 0 Å². The van der Waals surface area contributed by atoms with E-state index in [-0.39, 0.29) is 23.9 Å². The zero-order valence-electron chi connectivity index (χ0n) is 15.1. The third-order valence-electron chi connectivity index (χ3n) is 5.34. The standard InChI is InChI=1S/C20H29N3O2/c1-16(24)23-11-6-5-9-19(23)13-20(25)21-18-10-12-22(15-18)14-17-7-3-2-4-8-17/h2-4,7-8,18-19H,5-6,9-15H2,1H3,(H,21,25). The van der Waals surface area contributed by atoms with E-state index in [1.54, 1.807) is 6.92 Å². The fourth-order valence-corrected chi connectivity index (χ4v) is 4.06. The van der Waals surface area contributed by atoms with Crippen molar-refractivity contribution in [1.29, 1.82) is 0 Å². The number of hydrogen-bond donors (Lipinski definition) is 1. The molecule has 2 amide bonds. The van der Waals surface area contributed by atoms with Gasteiger partial charge in [0.1, 0.15) is 0 Å². The summed E-state index contributed by atoms with van der Waals surface area (Å²) >= 11 is 0. The van der Waals surface area contributed by atoms with Crippen LogP contribution in [0.1, 0.15) is 44.6 Å². The summed E-state index contributed by atoms with van der Waals surface area (Å²) < 4.78 is 0. The smallest absolute Gasteiger partial charge is 0.222 e. The highest BCUT2D eigenvalue weighted by Crippen LogP contribution is 2.20. The average Bonchev–Trinajstić information content (AvgIpc) is 3.02. The number of carbonyl (C=O) groups is 2. The molecule has 0 aliphatic carbocycles. The van der Waals surface area contributed by atoms with Crippen molar-refractivity contribution in [3.63, 3.8) is 0 Å². The highest BCUT2D eigenvalue weighted by atomic mass is 16.2. The second-order valence-electron chi connectivity index (χ2n) is 7.34. The Morgan fingerprint density at radius 3 is 2.68 bits per heavy atom. The Morgan fingerprint density at radius 1 is 1.12 bits per heavy atom. The van der Waals surface area contributed by atoms with Crippen molar-refractivity contribution >= 4 is 11.8 Å². The highest BCUT2D eigenvalue weighted by Gasteiger charge is 2.28. The quantitative estimate of drug-likeness (QED) is 0.891. The van der Waals surface area contributed by atoms with Crippen LogP contribution in [0.25, 0.3) is 0 Å². The molecule has 2 aliphatic rings. The SMILES string of the molecule is CC(=O)N1CCCCC1CC(=O)NC1CCN(Cc2ccccc2)C1. The topological polar surface area (TPSA) is 52.7 Å². The molecule has 3 rings (SSSR count). The number of nitrogens with one attached hydrogen (secondary N) is 1. The minimum atomic E-state index is 0.0769. The summed E-state index contributed by atoms with van der Waals surface area (Å²) in [4.78, 5) is 28.4. The fraction of sp³-hybridized carbons (Fsp3) is 0.600. The zero-order valence-corrected chi connectivity index (χ0v) is 15.1. The predicted molar refractivity (Wildman–Crippen MR) is 97.9 cm³/mol. The molecule has 2 heterocycles. The maximum absolute atomic E-state index is 12.4. The predicted octanol–water partition coefficient (Wildman–Crippen LogP) is 2.17. The van der Waals surface area contributed by atoms with E-state index < -0.39 is 0 Å². The summed E-state index contributed by atoms with van der Waals surface area (Å²) in [5, 5.41) is 3.18. The summed E-state index contributed by atoms with van der Waals surface area (Å²) in [7, 11) is 0. The summed E-state index contributed by atoms with van der Waals surface area (Å²) in [6.07, 6.45) is 4.54. The van der Waals surface area contributed by atoms with E-state index in [4.69, 9.17) is 0 Å². The number of rotatable bonds is 5. The molecule has 1 aromatic rings.